The molecule has 0 saturated carbocycles. The van der Waals surface area contributed by atoms with E-state index >= 15 is 0 Å². The summed E-state index contributed by atoms with van der Waals surface area (Å²) in [6.45, 7) is 1.80. The number of aliphatic carboxylic acids is 1. The molecule has 3 aromatic carbocycles. The number of carboxylic acids is 1. The van der Waals surface area contributed by atoms with Crippen molar-refractivity contribution in [2.75, 3.05) is 30.8 Å². The van der Waals surface area contributed by atoms with E-state index in [0.717, 1.165) is 24.3 Å². The monoisotopic (exact) mass is 549 g/mol. The Kier molecular flexibility index (Phi) is 8.36. The Bertz CT molecular complexity index is 1410. The number of hydrogen-bond acceptors (Lipinski definition) is 7. The number of nitrogens with one attached hydrogen (secondary N) is 3. The summed E-state index contributed by atoms with van der Waals surface area (Å²) in [7, 11) is 1.55. The van der Waals surface area contributed by atoms with Crippen molar-refractivity contribution in [1.29, 1.82) is 0 Å². The molecule has 2 amide bonds. The number of amides is 2. The van der Waals surface area contributed by atoms with Gasteiger partial charge in [0.1, 0.15) is 5.75 Å². The van der Waals surface area contributed by atoms with E-state index in [9.17, 15) is 19.5 Å². The number of rotatable bonds is 8. The number of aliphatic imine (C=N–C) groups is 1. The fourth-order valence-corrected chi connectivity index (χ4v) is 4.58. The van der Waals surface area contributed by atoms with Gasteiger partial charge in [0.05, 0.1) is 26.1 Å². The number of carbonyl (C=O) groups excluding carboxylic acids is 2. The van der Waals surface area contributed by atoms with Crippen molar-refractivity contribution < 1.29 is 24.2 Å². The minimum atomic E-state index is -1.00. The van der Waals surface area contributed by atoms with Gasteiger partial charge in [-0.15, -0.1) is 12.4 Å². The molecule has 0 bridgehead atoms. The van der Waals surface area contributed by atoms with Crippen molar-refractivity contribution in [2.45, 2.75) is 19.0 Å². The van der Waals surface area contributed by atoms with Gasteiger partial charge in [0.25, 0.3) is 11.8 Å². The molecule has 0 fully saturated rings. The Labute approximate surface area is 231 Å². The predicted molar refractivity (Wildman–Crippen MR) is 150 cm³/mol. The number of ether oxygens (including phenoxy) is 1. The summed E-state index contributed by atoms with van der Waals surface area (Å²) in [6, 6.07) is 18.6. The highest BCUT2D eigenvalue weighted by Gasteiger charge is 2.35. The molecule has 2 aliphatic heterocycles. The van der Waals surface area contributed by atoms with Gasteiger partial charge in [0.15, 0.2) is 5.96 Å². The van der Waals surface area contributed by atoms with Crippen molar-refractivity contribution in [3.63, 3.8) is 0 Å². The summed E-state index contributed by atoms with van der Waals surface area (Å²) in [4.78, 5) is 43.7. The Morgan fingerprint density at radius 2 is 1.79 bits per heavy atom. The molecule has 3 aromatic rings. The van der Waals surface area contributed by atoms with Gasteiger partial charge < -0.3 is 30.7 Å². The summed E-state index contributed by atoms with van der Waals surface area (Å²) in [5.41, 5.74) is 3.68. The molecule has 2 heterocycles. The Balaban J connectivity index is 0.00000353. The first-order valence-electron chi connectivity index (χ1n) is 12.2. The minimum Gasteiger partial charge on any atom is -0.497 e. The number of halogens is 1. The van der Waals surface area contributed by atoms with Crippen LogP contribution in [0.4, 0.5) is 11.4 Å². The number of guanidine groups is 1. The Morgan fingerprint density at radius 1 is 1.08 bits per heavy atom. The zero-order chi connectivity index (χ0) is 26.6. The van der Waals surface area contributed by atoms with Crippen molar-refractivity contribution >= 4 is 47.5 Å². The first kappa shape index (κ1) is 27.5. The maximum atomic E-state index is 13.4. The van der Waals surface area contributed by atoms with Crippen molar-refractivity contribution in [1.82, 2.24) is 10.2 Å². The quantitative estimate of drug-likeness (QED) is 0.335. The van der Waals surface area contributed by atoms with Crippen LogP contribution >= 0.6 is 12.4 Å². The lowest BCUT2D eigenvalue weighted by Gasteiger charge is -2.27. The average Bonchev–Trinajstić information content (AvgIpc) is 3.55. The molecule has 1 atom stereocenters. The maximum Gasteiger partial charge on any atom is 0.305 e. The van der Waals surface area contributed by atoms with Gasteiger partial charge in [0, 0.05) is 35.6 Å². The lowest BCUT2D eigenvalue weighted by Crippen LogP contribution is -2.30. The lowest BCUT2D eigenvalue weighted by atomic mass is 10.0. The van der Waals surface area contributed by atoms with E-state index in [1.165, 1.54) is 0 Å². The molecule has 0 aliphatic carbocycles. The zero-order valence-corrected chi connectivity index (χ0v) is 22.0. The topological polar surface area (TPSA) is 132 Å². The number of hydrogen-bond donors (Lipinski definition) is 4. The van der Waals surface area contributed by atoms with Crippen LogP contribution in [0.3, 0.4) is 0 Å². The van der Waals surface area contributed by atoms with E-state index in [0.29, 0.717) is 34.1 Å². The third kappa shape index (κ3) is 6.12. The highest BCUT2D eigenvalue weighted by molar-refractivity contribution is 6.06. The van der Waals surface area contributed by atoms with Crippen LogP contribution in [-0.4, -0.2) is 53.9 Å². The molecule has 1 unspecified atom stereocenters. The number of methoxy groups -OCH3 is 1. The second kappa shape index (κ2) is 11.9. The summed E-state index contributed by atoms with van der Waals surface area (Å²) in [5.74, 6) is -0.243. The fraction of sp³-hybridized carbons (Fsp3) is 0.214. The molecule has 2 aliphatic rings. The molecule has 4 N–H and O–H groups in total. The molecule has 0 saturated heterocycles. The van der Waals surface area contributed by atoms with E-state index in [2.05, 4.69) is 20.9 Å². The van der Waals surface area contributed by atoms with Crippen LogP contribution in [0.25, 0.3) is 0 Å². The largest absolute Gasteiger partial charge is 0.497 e. The van der Waals surface area contributed by atoms with Gasteiger partial charge in [-0.05, 0) is 59.7 Å². The van der Waals surface area contributed by atoms with Gasteiger partial charge in [-0.2, -0.15) is 0 Å². The van der Waals surface area contributed by atoms with E-state index in [4.69, 9.17) is 4.74 Å². The summed E-state index contributed by atoms with van der Waals surface area (Å²) in [5, 5.41) is 18.7. The molecule has 0 spiro atoms. The van der Waals surface area contributed by atoms with Crippen LogP contribution in [0.2, 0.25) is 0 Å². The normalized spacial score (nSPS) is 14.4. The number of carbonyl (C=O) groups is 3. The second-order valence-electron chi connectivity index (χ2n) is 9.01. The molecule has 0 aromatic heterocycles. The molecule has 5 rings (SSSR count). The molecule has 39 heavy (non-hydrogen) atoms. The van der Waals surface area contributed by atoms with E-state index < -0.39 is 12.0 Å². The van der Waals surface area contributed by atoms with Crippen molar-refractivity contribution in [3.05, 3.63) is 89.0 Å². The first-order chi connectivity index (χ1) is 18.4. The SMILES string of the molecule is COc1ccc(C(CC(=O)O)N2Cc3ccc(NC(=O)c4ccc(NC5=NCCN5)cc4)cc3C2=O)cc1.Cl. The third-order valence-electron chi connectivity index (χ3n) is 6.53. The highest BCUT2D eigenvalue weighted by atomic mass is 35.5. The molecule has 202 valence electrons. The second-order valence-corrected chi connectivity index (χ2v) is 9.01. The molecule has 10 nitrogen and oxygen atoms in total. The first-order valence-corrected chi connectivity index (χ1v) is 12.2. The molecular weight excluding hydrogens is 522 g/mol. The van der Waals surface area contributed by atoms with E-state index in [-0.39, 0.29) is 37.2 Å². The summed E-state index contributed by atoms with van der Waals surface area (Å²) in [6.07, 6.45) is -0.232. The molecule has 11 heteroatoms. The number of fused-ring (bicyclic) bond motifs is 1. The standard InChI is InChI=1S/C28H27N5O5.ClH/c1-38-22-10-5-17(6-11-22)24(15-25(34)35)33-16-19-4-9-21(14-23(19)27(33)37)31-26(36)18-2-7-20(8-3-18)32-28-29-12-13-30-28;/h2-11,14,24H,12-13,15-16H2,1H3,(H,31,36)(H,34,35)(H2,29,30,32);1H. The smallest absolute Gasteiger partial charge is 0.305 e. The van der Waals surface area contributed by atoms with E-state index in [1.54, 1.807) is 78.7 Å². The third-order valence-corrected chi connectivity index (χ3v) is 6.53. The van der Waals surface area contributed by atoms with Crippen LogP contribution in [0.15, 0.2) is 71.7 Å². The summed E-state index contributed by atoms with van der Waals surface area (Å²) < 4.78 is 5.19. The van der Waals surface area contributed by atoms with Gasteiger partial charge in [-0.25, -0.2) is 0 Å². The fourth-order valence-electron chi connectivity index (χ4n) is 4.58. The number of anilines is 2. The van der Waals surface area contributed by atoms with Gasteiger partial charge in [-0.1, -0.05) is 18.2 Å². The lowest BCUT2D eigenvalue weighted by molar-refractivity contribution is -0.138. The predicted octanol–water partition coefficient (Wildman–Crippen LogP) is 3.91. The summed E-state index contributed by atoms with van der Waals surface area (Å²) >= 11 is 0. The van der Waals surface area contributed by atoms with E-state index in [1.807, 2.05) is 0 Å². The van der Waals surface area contributed by atoms with Crippen LogP contribution in [-0.2, 0) is 11.3 Å². The zero-order valence-electron chi connectivity index (χ0n) is 21.1. The van der Waals surface area contributed by atoms with Crippen LogP contribution < -0.4 is 20.7 Å². The van der Waals surface area contributed by atoms with Gasteiger partial charge >= 0.3 is 5.97 Å². The molecular formula is C28H28ClN5O5. The Hall–Kier alpha value is -4.57. The average molecular weight is 550 g/mol. The van der Waals surface area contributed by atoms with Crippen molar-refractivity contribution in [3.8, 4) is 5.75 Å². The van der Waals surface area contributed by atoms with Crippen LogP contribution in [0.5, 0.6) is 5.75 Å². The number of nitrogens with zero attached hydrogens (tertiary/aromatic N) is 2. The maximum absolute atomic E-state index is 13.4. The van der Waals surface area contributed by atoms with Crippen molar-refractivity contribution in [2.24, 2.45) is 4.99 Å². The van der Waals surface area contributed by atoms with Gasteiger partial charge in [-0.3, -0.25) is 19.4 Å². The van der Waals surface area contributed by atoms with Crippen LogP contribution in [0, 0.1) is 0 Å². The Morgan fingerprint density at radius 3 is 2.44 bits per heavy atom. The van der Waals surface area contributed by atoms with Gasteiger partial charge in [0.2, 0.25) is 0 Å². The number of carboxylic acid groups (broad SMARTS) is 1. The molecule has 0 radical (unpaired) electrons. The minimum absolute atomic E-state index is 0. The number of benzene rings is 3. The highest BCUT2D eigenvalue weighted by Crippen LogP contribution is 2.35. The van der Waals surface area contributed by atoms with Crippen LogP contribution in [0.1, 0.15) is 44.3 Å².